The Morgan fingerprint density at radius 2 is 2.21 bits per heavy atom. The molecule has 1 saturated carbocycles. The first-order chi connectivity index (χ1) is 11.5. The van der Waals surface area contributed by atoms with E-state index in [0.717, 1.165) is 30.8 Å². The van der Waals surface area contributed by atoms with Crippen LogP contribution in [0.15, 0.2) is 24.5 Å². The first kappa shape index (κ1) is 15.9. The molecule has 3 rings (SSSR count). The Labute approximate surface area is 138 Å². The summed E-state index contributed by atoms with van der Waals surface area (Å²) >= 11 is 0. The van der Waals surface area contributed by atoms with Crippen molar-refractivity contribution < 1.29 is 9.72 Å². The van der Waals surface area contributed by atoms with Crippen LogP contribution >= 0.6 is 0 Å². The largest absolute Gasteiger partial charge is 0.365 e. The zero-order valence-electron chi connectivity index (χ0n) is 13.0. The van der Waals surface area contributed by atoms with Gasteiger partial charge in [-0.05, 0) is 18.9 Å². The Balaban J connectivity index is 1.72. The quantitative estimate of drug-likeness (QED) is 0.615. The molecule has 9 heteroatoms. The number of rotatable bonds is 6. The summed E-state index contributed by atoms with van der Waals surface area (Å²) in [5.74, 6) is -0.561. The van der Waals surface area contributed by atoms with Crippen molar-refractivity contribution in [2.24, 2.45) is 5.73 Å². The molecule has 1 fully saturated rings. The topological polar surface area (TPSA) is 129 Å². The summed E-state index contributed by atoms with van der Waals surface area (Å²) in [5.41, 5.74) is 5.79. The lowest BCUT2D eigenvalue weighted by Gasteiger charge is -2.09. The Bertz CT molecular complexity index is 766. The number of amides is 1. The lowest BCUT2D eigenvalue weighted by atomic mass is 10.2. The van der Waals surface area contributed by atoms with Gasteiger partial charge in [-0.3, -0.25) is 19.6 Å². The van der Waals surface area contributed by atoms with Gasteiger partial charge in [0.25, 0.3) is 11.6 Å². The number of nitrogens with one attached hydrogen (secondary N) is 1. The minimum Gasteiger partial charge on any atom is -0.365 e. The Kier molecular flexibility index (Phi) is 4.41. The molecular formula is C15H18N6O3. The summed E-state index contributed by atoms with van der Waals surface area (Å²) in [6, 6.07) is 3.48. The van der Waals surface area contributed by atoms with E-state index < -0.39 is 10.8 Å². The summed E-state index contributed by atoms with van der Waals surface area (Å²) in [5, 5.41) is 18.3. The predicted molar refractivity (Wildman–Crippen MR) is 86.5 cm³/mol. The Morgan fingerprint density at radius 1 is 1.46 bits per heavy atom. The highest BCUT2D eigenvalue weighted by atomic mass is 16.6. The third-order valence-electron chi connectivity index (χ3n) is 4.15. The fourth-order valence-corrected chi connectivity index (χ4v) is 2.90. The van der Waals surface area contributed by atoms with Crippen molar-refractivity contribution in [1.82, 2.24) is 14.8 Å². The van der Waals surface area contributed by atoms with Crippen molar-refractivity contribution in [1.29, 1.82) is 0 Å². The molecule has 1 aliphatic rings. The first-order valence-electron chi connectivity index (χ1n) is 7.77. The van der Waals surface area contributed by atoms with Crippen LogP contribution in [0.2, 0.25) is 0 Å². The van der Waals surface area contributed by atoms with E-state index in [4.69, 9.17) is 5.73 Å². The number of carbonyl (C=O) groups is 1. The number of carbonyl (C=O) groups excluding carboxylic acids is 1. The molecule has 0 spiro atoms. The van der Waals surface area contributed by atoms with Crippen LogP contribution in [0.3, 0.4) is 0 Å². The summed E-state index contributed by atoms with van der Waals surface area (Å²) in [4.78, 5) is 25.6. The molecule has 0 unspecified atom stereocenters. The predicted octanol–water partition coefficient (Wildman–Crippen LogP) is 2.01. The van der Waals surface area contributed by atoms with Crippen LogP contribution in [0, 0.1) is 10.1 Å². The highest BCUT2D eigenvalue weighted by Gasteiger charge is 2.18. The van der Waals surface area contributed by atoms with E-state index in [1.54, 1.807) is 0 Å². The molecule has 2 aromatic rings. The fourth-order valence-electron chi connectivity index (χ4n) is 2.90. The van der Waals surface area contributed by atoms with Gasteiger partial charge in [-0.25, -0.2) is 4.98 Å². The average Bonchev–Trinajstić information content (AvgIpc) is 3.23. The minimum atomic E-state index is -0.773. The normalized spacial score (nSPS) is 14.7. The number of nitro groups is 1. The Hall–Kier alpha value is -2.97. The van der Waals surface area contributed by atoms with Crippen molar-refractivity contribution in [2.75, 3.05) is 5.32 Å². The molecule has 2 aromatic heterocycles. The third kappa shape index (κ3) is 3.34. The molecule has 1 amide bonds. The number of nitrogens with two attached hydrogens (primary N) is 1. The minimum absolute atomic E-state index is 0.0144. The summed E-state index contributed by atoms with van der Waals surface area (Å²) in [6.45, 7) is 0.352. The second-order valence-corrected chi connectivity index (χ2v) is 5.79. The van der Waals surface area contributed by atoms with Crippen molar-refractivity contribution in [3.8, 4) is 0 Å². The smallest absolute Gasteiger partial charge is 0.288 e. The number of hydrogen-bond acceptors (Lipinski definition) is 6. The molecule has 0 atom stereocenters. The van der Waals surface area contributed by atoms with E-state index in [9.17, 15) is 14.9 Å². The molecule has 9 nitrogen and oxygen atoms in total. The average molecular weight is 330 g/mol. The molecule has 0 saturated heterocycles. The van der Waals surface area contributed by atoms with Gasteiger partial charge in [0.1, 0.15) is 12.0 Å². The van der Waals surface area contributed by atoms with Gasteiger partial charge in [0.15, 0.2) is 0 Å². The highest BCUT2D eigenvalue weighted by molar-refractivity contribution is 5.98. The first-order valence-corrected chi connectivity index (χ1v) is 7.77. The van der Waals surface area contributed by atoms with E-state index in [1.807, 2.05) is 16.9 Å². The Morgan fingerprint density at radius 3 is 2.88 bits per heavy atom. The monoisotopic (exact) mass is 330 g/mol. The molecule has 0 radical (unpaired) electrons. The van der Waals surface area contributed by atoms with E-state index in [1.165, 1.54) is 12.8 Å². The summed E-state index contributed by atoms with van der Waals surface area (Å²) in [7, 11) is 0. The number of pyridine rings is 1. The van der Waals surface area contributed by atoms with Gasteiger partial charge in [-0.2, -0.15) is 5.10 Å². The number of anilines is 1. The molecule has 0 bridgehead atoms. The van der Waals surface area contributed by atoms with Gasteiger partial charge >= 0.3 is 0 Å². The van der Waals surface area contributed by atoms with E-state index in [-0.39, 0.29) is 17.1 Å². The van der Waals surface area contributed by atoms with E-state index >= 15 is 0 Å². The molecule has 3 N–H and O–H groups in total. The van der Waals surface area contributed by atoms with Crippen molar-refractivity contribution in [2.45, 2.75) is 38.3 Å². The van der Waals surface area contributed by atoms with Crippen LogP contribution < -0.4 is 11.1 Å². The lowest BCUT2D eigenvalue weighted by molar-refractivity contribution is -0.385. The molecular weight excluding hydrogens is 312 g/mol. The fraction of sp³-hybridized carbons (Fsp3) is 0.400. The van der Waals surface area contributed by atoms with Crippen LogP contribution in [0.25, 0.3) is 0 Å². The second kappa shape index (κ2) is 6.65. The maximum Gasteiger partial charge on any atom is 0.288 e. The zero-order valence-corrected chi connectivity index (χ0v) is 13.0. The van der Waals surface area contributed by atoms with E-state index in [2.05, 4.69) is 15.4 Å². The summed E-state index contributed by atoms with van der Waals surface area (Å²) in [6.07, 6.45) is 7.78. The van der Waals surface area contributed by atoms with Crippen molar-refractivity contribution >= 4 is 17.4 Å². The van der Waals surface area contributed by atoms with Crippen LogP contribution in [-0.4, -0.2) is 25.6 Å². The lowest BCUT2D eigenvalue weighted by Crippen LogP contribution is -2.16. The molecule has 2 heterocycles. The molecule has 0 aliphatic heterocycles. The van der Waals surface area contributed by atoms with Crippen LogP contribution in [-0.2, 0) is 6.54 Å². The molecule has 126 valence electrons. The van der Waals surface area contributed by atoms with Crippen molar-refractivity contribution in [3.05, 3.63) is 45.9 Å². The summed E-state index contributed by atoms with van der Waals surface area (Å²) < 4.78 is 1.97. The molecule has 1 aliphatic carbocycles. The number of hydrogen-bond donors (Lipinski definition) is 2. The maximum atomic E-state index is 11.5. The standard InChI is InChI=1S/C15H18N6O3/c16-14(22)13-7-12(21(23)24)9-18-15(13)17-8-10-5-6-20(19-10)11-3-1-2-4-11/h5-7,9,11H,1-4,8H2,(H2,16,22)(H,17,18). The third-order valence-corrected chi connectivity index (χ3v) is 4.15. The van der Waals surface area contributed by atoms with Gasteiger partial charge in [-0.1, -0.05) is 12.8 Å². The van der Waals surface area contributed by atoms with Gasteiger partial charge < -0.3 is 11.1 Å². The number of primary amides is 1. The van der Waals surface area contributed by atoms with Crippen molar-refractivity contribution in [3.63, 3.8) is 0 Å². The van der Waals surface area contributed by atoms with Gasteiger partial charge in [-0.15, -0.1) is 0 Å². The molecule has 0 aromatic carbocycles. The second-order valence-electron chi connectivity index (χ2n) is 5.79. The maximum absolute atomic E-state index is 11.5. The van der Waals surface area contributed by atoms with Gasteiger partial charge in [0.05, 0.1) is 28.8 Å². The molecule has 24 heavy (non-hydrogen) atoms. The zero-order chi connectivity index (χ0) is 17.1. The van der Waals surface area contributed by atoms with E-state index in [0.29, 0.717) is 12.6 Å². The highest BCUT2D eigenvalue weighted by Crippen LogP contribution is 2.28. The van der Waals surface area contributed by atoms with Crippen LogP contribution in [0.4, 0.5) is 11.5 Å². The van der Waals surface area contributed by atoms with Crippen LogP contribution in [0.5, 0.6) is 0 Å². The SMILES string of the molecule is NC(=O)c1cc([N+](=O)[O-])cnc1NCc1ccn(C2CCCC2)n1. The number of aromatic nitrogens is 3. The van der Waals surface area contributed by atoms with Gasteiger partial charge in [0.2, 0.25) is 0 Å². The van der Waals surface area contributed by atoms with Crippen LogP contribution in [0.1, 0.15) is 47.8 Å². The number of nitrogens with zero attached hydrogens (tertiary/aromatic N) is 4. The van der Waals surface area contributed by atoms with Gasteiger partial charge in [0, 0.05) is 12.3 Å².